The van der Waals surface area contributed by atoms with Crippen molar-refractivity contribution >= 4 is 23.7 Å². The summed E-state index contributed by atoms with van der Waals surface area (Å²) in [4.78, 5) is 6.83. The maximum atomic E-state index is 6.03. The maximum absolute atomic E-state index is 6.03. The molecule has 16 heavy (non-hydrogen) atoms. The standard InChI is InChI=1S/C11H19N3S.ClH/c1-9(12)11-4-2-3-5-14(11)6-10-7-15-8-13-10;/h7-9,11H,2-6,12H2,1H3;1H. The van der Waals surface area contributed by atoms with Gasteiger partial charge in [-0.25, -0.2) is 4.98 Å². The molecule has 2 heterocycles. The fourth-order valence-electron chi connectivity index (χ4n) is 2.33. The monoisotopic (exact) mass is 261 g/mol. The zero-order chi connectivity index (χ0) is 10.7. The number of piperidine rings is 1. The number of thiazole rings is 1. The van der Waals surface area contributed by atoms with E-state index in [1.165, 1.54) is 31.5 Å². The molecule has 0 aliphatic carbocycles. The predicted octanol–water partition coefficient (Wildman–Crippen LogP) is 2.27. The van der Waals surface area contributed by atoms with E-state index in [2.05, 4.69) is 22.2 Å². The first-order valence-electron chi connectivity index (χ1n) is 5.64. The SMILES string of the molecule is CC(N)C1CCCCN1Cc1cscn1.Cl. The third-order valence-corrected chi connectivity index (χ3v) is 3.75. The van der Waals surface area contributed by atoms with Gasteiger partial charge in [-0.05, 0) is 26.3 Å². The smallest absolute Gasteiger partial charge is 0.0795 e. The van der Waals surface area contributed by atoms with E-state index < -0.39 is 0 Å². The van der Waals surface area contributed by atoms with Crippen molar-refractivity contribution in [2.24, 2.45) is 5.73 Å². The van der Waals surface area contributed by atoms with Crippen LogP contribution in [0.25, 0.3) is 0 Å². The molecular formula is C11H20ClN3S. The molecule has 3 nitrogen and oxygen atoms in total. The molecule has 2 atom stereocenters. The molecule has 1 fully saturated rings. The Bertz CT molecular complexity index is 289. The Balaban J connectivity index is 0.00000128. The number of hydrogen-bond donors (Lipinski definition) is 1. The van der Waals surface area contributed by atoms with Gasteiger partial charge in [-0.15, -0.1) is 23.7 Å². The lowest BCUT2D eigenvalue weighted by atomic mass is 9.97. The summed E-state index contributed by atoms with van der Waals surface area (Å²) in [6.45, 7) is 4.25. The Morgan fingerprint density at radius 3 is 3.06 bits per heavy atom. The third-order valence-electron chi connectivity index (χ3n) is 3.12. The average molecular weight is 262 g/mol. The summed E-state index contributed by atoms with van der Waals surface area (Å²) in [6, 6.07) is 0.810. The first kappa shape index (κ1) is 13.9. The topological polar surface area (TPSA) is 42.1 Å². The second-order valence-electron chi connectivity index (χ2n) is 4.37. The Kier molecular flexibility index (Phi) is 5.69. The Morgan fingerprint density at radius 1 is 1.62 bits per heavy atom. The second-order valence-corrected chi connectivity index (χ2v) is 5.09. The van der Waals surface area contributed by atoms with E-state index in [-0.39, 0.29) is 18.4 Å². The van der Waals surface area contributed by atoms with E-state index in [4.69, 9.17) is 5.73 Å². The summed E-state index contributed by atoms with van der Waals surface area (Å²) in [7, 11) is 0. The van der Waals surface area contributed by atoms with Crippen molar-refractivity contribution in [1.82, 2.24) is 9.88 Å². The van der Waals surface area contributed by atoms with E-state index in [9.17, 15) is 0 Å². The number of aromatic nitrogens is 1. The summed E-state index contributed by atoms with van der Waals surface area (Å²) < 4.78 is 0. The zero-order valence-electron chi connectivity index (χ0n) is 9.63. The number of likely N-dealkylation sites (tertiary alicyclic amines) is 1. The lowest BCUT2D eigenvalue weighted by Crippen LogP contribution is -2.48. The van der Waals surface area contributed by atoms with Crippen LogP contribution in [0.5, 0.6) is 0 Å². The molecule has 2 unspecified atom stereocenters. The average Bonchev–Trinajstić information content (AvgIpc) is 2.71. The van der Waals surface area contributed by atoms with E-state index >= 15 is 0 Å². The van der Waals surface area contributed by atoms with Crippen LogP contribution in [0.3, 0.4) is 0 Å². The van der Waals surface area contributed by atoms with Crippen molar-refractivity contribution in [3.63, 3.8) is 0 Å². The van der Waals surface area contributed by atoms with Gasteiger partial charge in [0.1, 0.15) is 0 Å². The number of hydrogen-bond acceptors (Lipinski definition) is 4. The molecule has 2 N–H and O–H groups in total. The highest BCUT2D eigenvalue weighted by molar-refractivity contribution is 7.07. The van der Waals surface area contributed by atoms with Crippen molar-refractivity contribution in [2.45, 2.75) is 44.8 Å². The second kappa shape index (κ2) is 6.55. The maximum Gasteiger partial charge on any atom is 0.0795 e. The minimum Gasteiger partial charge on any atom is -0.327 e. The van der Waals surface area contributed by atoms with Gasteiger partial charge in [0.2, 0.25) is 0 Å². The molecule has 92 valence electrons. The predicted molar refractivity (Wildman–Crippen MR) is 71.1 cm³/mol. The molecule has 1 saturated heterocycles. The zero-order valence-corrected chi connectivity index (χ0v) is 11.3. The molecular weight excluding hydrogens is 242 g/mol. The minimum absolute atomic E-state index is 0. The minimum atomic E-state index is 0. The van der Waals surface area contributed by atoms with Crippen molar-refractivity contribution < 1.29 is 0 Å². The number of nitrogens with zero attached hydrogens (tertiary/aromatic N) is 2. The van der Waals surface area contributed by atoms with Gasteiger partial charge >= 0.3 is 0 Å². The van der Waals surface area contributed by atoms with Gasteiger partial charge in [-0.3, -0.25) is 4.90 Å². The summed E-state index contributed by atoms with van der Waals surface area (Å²) in [5, 5.41) is 2.13. The molecule has 0 spiro atoms. The number of rotatable bonds is 3. The van der Waals surface area contributed by atoms with Crippen LogP contribution in [0.4, 0.5) is 0 Å². The van der Waals surface area contributed by atoms with Crippen LogP contribution in [-0.2, 0) is 6.54 Å². The molecule has 0 amide bonds. The van der Waals surface area contributed by atoms with Crippen molar-refractivity contribution in [3.8, 4) is 0 Å². The van der Waals surface area contributed by atoms with Crippen molar-refractivity contribution in [1.29, 1.82) is 0 Å². The normalized spacial score (nSPS) is 23.8. The summed E-state index contributed by atoms with van der Waals surface area (Å²) in [5.41, 5.74) is 9.12. The molecule has 2 rings (SSSR count). The Hall–Kier alpha value is -0.160. The Labute approximate surface area is 107 Å². The molecule has 0 aromatic carbocycles. The summed E-state index contributed by atoms with van der Waals surface area (Å²) >= 11 is 1.67. The van der Waals surface area contributed by atoms with Gasteiger partial charge in [-0.2, -0.15) is 0 Å². The van der Waals surface area contributed by atoms with Crippen molar-refractivity contribution in [3.05, 3.63) is 16.6 Å². The highest BCUT2D eigenvalue weighted by Gasteiger charge is 2.25. The number of nitrogens with two attached hydrogens (primary N) is 1. The summed E-state index contributed by atoms with van der Waals surface area (Å²) in [5.74, 6) is 0. The molecule has 1 aromatic rings. The highest BCUT2D eigenvalue weighted by Crippen LogP contribution is 2.21. The fourth-order valence-corrected chi connectivity index (χ4v) is 2.88. The van der Waals surface area contributed by atoms with Gasteiger partial charge in [0.25, 0.3) is 0 Å². The fraction of sp³-hybridized carbons (Fsp3) is 0.727. The lowest BCUT2D eigenvalue weighted by molar-refractivity contribution is 0.121. The molecule has 1 aliphatic rings. The van der Waals surface area contributed by atoms with E-state index in [0.29, 0.717) is 6.04 Å². The quantitative estimate of drug-likeness (QED) is 0.908. The van der Waals surface area contributed by atoms with Gasteiger partial charge in [0.15, 0.2) is 0 Å². The van der Waals surface area contributed by atoms with Crippen LogP contribution >= 0.6 is 23.7 Å². The van der Waals surface area contributed by atoms with E-state index in [1.54, 1.807) is 11.3 Å². The summed E-state index contributed by atoms with van der Waals surface area (Å²) in [6.07, 6.45) is 3.86. The van der Waals surface area contributed by atoms with Gasteiger partial charge in [-0.1, -0.05) is 6.42 Å². The van der Waals surface area contributed by atoms with Crippen LogP contribution < -0.4 is 5.73 Å². The molecule has 0 radical (unpaired) electrons. The van der Waals surface area contributed by atoms with Crippen LogP contribution in [0.2, 0.25) is 0 Å². The van der Waals surface area contributed by atoms with Gasteiger partial charge in [0.05, 0.1) is 11.2 Å². The lowest BCUT2D eigenvalue weighted by Gasteiger charge is -2.37. The number of halogens is 1. The van der Waals surface area contributed by atoms with E-state index in [1.807, 2.05) is 5.51 Å². The van der Waals surface area contributed by atoms with Crippen LogP contribution in [0.1, 0.15) is 31.9 Å². The third kappa shape index (κ3) is 3.42. The molecule has 5 heteroatoms. The van der Waals surface area contributed by atoms with Crippen LogP contribution in [0.15, 0.2) is 10.9 Å². The first-order valence-corrected chi connectivity index (χ1v) is 6.58. The van der Waals surface area contributed by atoms with Crippen LogP contribution in [0, 0.1) is 0 Å². The van der Waals surface area contributed by atoms with E-state index in [0.717, 1.165) is 6.54 Å². The Morgan fingerprint density at radius 2 is 2.44 bits per heavy atom. The highest BCUT2D eigenvalue weighted by atomic mass is 35.5. The van der Waals surface area contributed by atoms with Crippen molar-refractivity contribution in [2.75, 3.05) is 6.54 Å². The van der Waals surface area contributed by atoms with Gasteiger partial charge < -0.3 is 5.73 Å². The molecule has 1 aromatic heterocycles. The van der Waals surface area contributed by atoms with Gasteiger partial charge in [0, 0.05) is 24.0 Å². The molecule has 1 aliphatic heterocycles. The van der Waals surface area contributed by atoms with Crippen LogP contribution in [-0.4, -0.2) is 28.5 Å². The largest absolute Gasteiger partial charge is 0.327 e. The first-order chi connectivity index (χ1) is 7.27. The molecule has 0 saturated carbocycles. The molecule has 0 bridgehead atoms.